The van der Waals surface area contributed by atoms with Crippen LogP contribution in [0.2, 0.25) is 0 Å². The number of benzene rings is 2. The first-order chi connectivity index (χ1) is 13.0. The van der Waals surface area contributed by atoms with Crippen LogP contribution in [0, 0.1) is 11.3 Å². The van der Waals surface area contributed by atoms with E-state index in [9.17, 15) is 14.9 Å². The normalized spacial score (nSPS) is 10.6. The van der Waals surface area contributed by atoms with Crippen molar-refractivity contribution in [3.63, 3.8) is 0 Å². The van der Waals surface area contributed by atoms with Crippen molar-refractivity contribution in [2.45, 2.75) is 6.92 Å². The first-order valence-corrected chi connectivity index (χ1v) is 8.89. The van der Waals surface area contributed by atoms with E-state index in [1.165, 1.54) is 6.08 Å². The summed E-state index contributed by atoms with van der Waals surface area (Å²) in [7, 11) is 0. The number of halogens is 1. The molecule has 2 aromatic carbocycles. The van der Waals surface area contributed by atoms with Crippen molar-refractivity contribution < 1.29 is 19.1 Å². The molecule has 27 heavy (non-hydrogen) atoms. The van der Waals surface area contributed by atoms with Crippen LogP contribution in [0.4, 0.5) is 5.69 Å². The van der Waals surface area contributed by atoms with Crippen LogP contribution in [-0.4, -0.2) is 25.1 Å². The molecule has 0 aliphatic carbocycles. The summed E-state index contributed by atoms with van der Waals surface area (Å²) in [6, 6.07) is 15.7. The Morgan fingerprint density at radius 3 is 2.56 bits per heavy atom. The van der Waals surface area contributed by atoms with Gasteiger partial charge in [-0.1, -0.05) is 34.1 Å². The predicted molar refractivity (Wildman–Crippen MR) is 105 cm³/mol. The number of esters is 1. The fraction of sp³-hybridized carbons (Fsp3) is 0.150. The van der Waals surface area contributed by atoms with Crippen molar-refractivity contribution in [2.75, 3.05) is 18.5 Å². The molecule has 0 fully saturated rings. The number of nitrogens with one attached hydrogen (secondary N) is 1. The maximum atomic E-state index is 12.4. The van der Waals surface area contributed by atoms with E-state index >= 15 is 0 Å². The van der Waals surface area contributed by atoms with Crippen molar-refractivity contribution in [3.05, 3.63) is 64.1 Å². The highest BCUT2D eigenvalue weighted by molar-refractivity contribution is 9.10. The predicted octanol–water partition coefficient (Wildman–Crippen LogP) is 3.94. The molecule has 0 heterocycles. The number of rotatable bonds is 7. The molecule has 2 rings (SSSR count). The van der Waals surface area contributed by atoms with Crippen molar-refractivity contribution in [1.82, 2.24) is 0 Å². The lowest BCUT2D eigenvalue weighted by atomic mass is 10.1. The Morgan fingerprint density at radius 2 is 1.89 bits per heavy atom. The maximum absolute atomic E-state index is 12.4. The zero-order valence-electron chi connectivity index (χ0n) is 14.6. The van der Waals surface area contributed by atoms with Gasteiger partial charge >= 0.3 is 5.97 Å². The summed E-state index contributed by atoms with van der Waals surface area (Å²) < 4.78 is 11.1. The van der Waals surface area contributed by atoms with Gasteiger partial charge in [-0.2, -0.15) is 5.26 Å². The lowest BCUT2D eigenvalue weighted by Gasteiger charge is -2.09. The van der Waals surface area contributed by atoms with E-state index in [1.807, 2.05) is 6.07 Å². The minimum Gasteiger partial charge on any atom is -0.481 e. The molecule has 0 radical (unpaired) electrons. The van der Waals surface area contributed by atoms with E-state index in [-0.39, 0.29) is 18.8 Å². The second kappa shape index (κ2) is 10.1. The number of nitrogens with zero attached hydrogens (tertiary/aromatic N) is 1. The van der Waals surface area contributed by atoms with Crippen LogP contribution in [0.1, 0.15) is 12.5 Å². The number of hydrogen-bond acceptors (Lipinski definition) is 5. The van der Waals surface area contributed by atoms with Crippen LogP contribution in [0.15, 0.2) is 58.6 Å². The smallest absolute Gasteiger partial charge is 0.344 e. The highest BCUT2D eigenvalue weighted by atomic mass is 79.9. The summed E-state index contributed by atoms with van der Waals surface area (Å²) >= 11 is 3.32. The van der Waals surface area contributed by atoms with Crippen molar-refractivity contribution in [1.29, 1.82) is 5.26 Å². The third kappa shape index (κ3) is 6.28. The molecule has 0 unspecified atom stereocenters. The van der Waals surface area contributed by atoms with Crippen LogP contribution < -0.4 is 10.1 Å². The molecule has 0 aromatic heterocycles. The third-order valence-corrected chi connectivity index (χ3v) is 3.87. The molecular weight excluding hydrogens is 412 g/mol. The molecular formula is C20H17BrN2O4. The molecule has 0 aliphatic rings. The lowest BCUT2D eigenvalue weighted by Crippen LogP contribution is -2.15. The number of ether oxygens (including phenoxy) is 2. The van der Waals surface area contributed by atoms with Gasteiger partial charge in [-0.3, -0.25) is 4.79 Å². The van der Waals surface area contributed by atoms with E-state index in [2.05, 4.69) is 21.2 Å². The number of carbonyl (C=O) groups is 2. The number of nitriles is 1. The fourth-order valence-corrected chi connectivity index (χ4v) is 2.37. The molecule has 0 atom stereocenters. The highest BCUT2D eigenvalue weighted by Gasteiger charge is 2.12. The Kier molecular flexibility index (Phi) is 7.59. The Hall–Kier alpha value is -3.11. The topological polar surface area (TPSA) is 88.4 Å². The largest absolute Gasteiger partial charge is 0.481 e. The molecule has 1 N–H and O–H groups in total. The molecule has 1 amide bonds. The Morgan fingerprint density at radius 1 is 1.19 bits per heavy atom. The molecule has 0 saturated heterocycles. The molecule has 0 spiro atoms. The third-order valence-electron chi connectivity index (χ3n) is 3.34. The van der Waals surface area contributed by atoms with Gasteiger partial charge in [-0.15, -0.1) is 0 Å². The molecule has 138 valence electrons. The average molecular weight is 429 g/mol. The van der Waals surface area contributed by atoms with Crippen LogP contribution in [0.25, 0.3) is 6.08 Å². The van der Waals surface area contributed by atoms with Gasteiger partial charge in [-0.05, 0) is 43.3 Å². The molecule has 2 aromatic rings. The highest BCUT2D eigenvalue weighted by Crippen LogP contribution is 2.22. The van der Waals surface area contributed by atoms with Crippen LogP contribution in [0.5, 0.6) is 5.75 Å². The van der Waals surface area contributed by atoms with Gasteiger partial charge in [0, 0.05) is 15.7 Å². The number of para-hydroxylation sites is 1. The molecule has 6 nitrogen and oxygen atoms in total. The van der Waals surface area contributed by atoms with Crippen LogP contribution >= 0.6 is 15.9 Å². The van der Waals surface area contributed by atoms with Gasteiger partial charge in [0.05, 0.1) is 6.61 Å². The summed E-state index contributed by atoms with van der Waals surface area (Å²) in [5.74, 6) is -0.667. The number of amides is 1. The van der Waals surface area contributed by atoms with E-state index < -0.39 is 11.9 Å². The summed E-state index contributed by atoms with van der Waals surface area (Å²) in [6.07, 6.45) is 1.41. The molecule has 0 saturated carbocycles. The minimum atomic E-state index is -0.542. The molecule has 0 bridgehead atoms. The van der Waals surface area contributed by atoms with Crippen LogP contribution in [-0.2, 0) is 14.3 Å². The first kappa shape index (κ1) is 20.2. The average Bonchev–Trinajstić information content (AvgIpc) is 2.67. The Bertz CT molecular complexity index is 886. The van der Waals surface area contributed by atoms with Gasteiger partial charge in [0.2, 0.25) is 0 Å². The quantitative estimate of drug-likeness (QED) is 0.409. The molecule has 0 aliphatic heterocycles. The maximum Gasteiger partial charge on any atom is 0.344 e. The van der Waals surface area contributed by atoms with Gasteiger partial charge in [0.15, 0.2) is 6.61 Å². The van der Waals surface area contributed by atoms with Gasteiger partial charge in [-0.25, -0.2) is 4.79 Å². The van der Waals surface area contributed by atoms with Gasteiger partial charge in [0.25, 0.3) is 5.91 Å². The number of carbonyl (C=O) groups excluding carboxylic acids is 2. The standard InChI is InChI=1S/C20H17BrN2O4/c1-2-26-19(24)13-27-18-6-4-3-5-14(18)11-15(12-22)20(25)23-17-9-7-16(21)8-10-17/h3-11H,2,13H2,1H3,(H,23,25)/b15-11+. The van der Waals surface area contributed by atoms with Crippen molar-refractivity contribution in [3.8, 4) is 11.8 Å². The monoisotopic (exact) mass is 428 g/mol. The summed E-state index contributed by atoms with van der Waals surface area (Å²) in [5, 5.41) is 12.0. The van der Waals surface area contributed by atoms with Crippen LogP contribution in [0.3, 0.4) is 0 Å². The van der Waals surface area contributed by atoms with Crippen molar-refractivity contribution >= 4 is 39.6 Å². The van der Waals surface area contributed by atoms with Gasteiger partial charge in [0.1, 0.15) is 17.4 Å². The van der Waals surface area contributed by atoms with Crippen molar-refractivity contribution in [2.24, 2.45) is 0 Å². The van der Waals surface area contributed by atoms with Gasteiger partial charge < -0.3 is 14.8 Å². The molecule has 7 heteroatoms. The number of anilines is 1. The second-order valence-electron chi connectivity index (χ2n) is 5.26. The fourth-order valence-electron chi connectivity index (χ4n) is 2.11. The minimum absolute atomic E-state index is 0.0925. The second-order valence-corrected chi connectivity index (χ2v) is 6.18. The zero-order valence-corrected chi connectivity index (χ0v) is 16.2. The Balaban J connectivity index is 2.16. The van der Waals surface area contributed by atoms with E-state index in [1.54, 1.807) is 55.5 Å². The zero-order chi connectivity index (χ0) is 19.6. The van der Waals surface area contributed by atoms with E-state index in [0.29, 0.717) is 17.0 Å². The SMILES string of the molecule is CCOC(=O)COc1ccccc1/C=C(\C#N)C(=O)Nc1ccc(Br)cc1. The summed E-state index contributed by atoms with van der Waals surface area (Å²) in [6.45, 7) is 1.71. The lowest BCUT2D eigenvalue weighted by molar-refractivity contribution is -0.145. The number of hydrogen-bond donors (Lipinski definition) is 1. The first-order valence-electron chi connectivity index (χ1n) is 8.09. The Labute approximate surface area is 165 Å². The summed E-state index contributed by atoms with van der Waals surface area (Å²) in [4.78, 5) is 23.8. The summed E-state index contributed by atoms with van der Waals surface area (Å²) in [5.41, 5.74) is 0.977. The van der Waals surface area contributed by atoms with E-state index in [4.69, 9.17) is 9.47 Å². The van der Waals surface area contributed by atoms with E-state index in [0.717, 1.165) is 4.47 Å².